The van der Waals surface area contributed by atoms with Gasteiger partial charge in [0.05, 0.1) is 0 Å². The molecule has 0 radical (unpaired) electrons. The van der Waals surface area contributed by atoms with Gasteiger partial charge in [0.15, 0.2) is 5.78 Å². The molecule has 0 spiro atoms. The van der Waals surface area contributed by atoms with Crippen molar-refractivity contribution >= 4 is 11.9 Å². The molecule has 0 amide bonds. The van der Waals surface area contributed by atoms with Crippen LogP contribution in [0.2, 0.25) is 0 Å². The van der Waals surface area contributed by atoms with E-state index in [9.17, 15) is 9.18 Å². The summed E-state index contributed by atoms with van der Waals surface area (Å²) in [7, 11) is 0. The number of carbonyl (C=O) groups excluding carboxylic acids is 1. The maximum absolute atomic E-state index is 12.7. The third kappa shape index (κ3) is 3.30. The number of benzene rings is 1. The molecule has 0 N–H and O–H groups in total. The largest absolute Gasteiger partial charge is 0.294 e. The molecule has 0 aliphatic carbocycles. The third-order valence-electron chi connectivity index (χ3n) is 2.29. The van der Waals surface area contributed by atoms with Gasteiger partial charge in [-0.2, -0.15) is 0 Å². The van der Waals surface area contributed by atoms with Crippen LogP contribution in [0.25, 0.3) is 6.08 Å². The highest BCUT2D eigenvalue weighted by Crippen LogP contribution is 2.21. The first kappa shape index (κ1) is 12.6. The van der Waals surface area contributed by atoms with E-state index < -0.39 is 0 Å². The second-order valence-corrected chi connectivity index (χ2v) is 4.96. The Morgan fingerprint density at radius 1 is 1.19 bits per heavy atom. The van der Waals surface area contributed by atoms with Crippen molar-refractivity contribution in [1.29, 1.82) is 0 Å². The average molecular weight is 220 g/mol. The van der Waals surface area contributed by atoms with Crippen LogP contribution in [0.1, 0.15) is 33.3 Å². The van der Waals surface area contributed by atoms with Crippen LogP contribution in [0.3, 0.4) is 0 Å². The number of halogens is 1. The summed E-state index contributed by atoms with van der Waals surface area (Å²) in [4.78, 5) is 11.9. The second-order valence-electron chi connectivity index (χ2n) is 4.96. The van der Waals surface area contributed by atoms with Crippen molar-refractivity contribution in [2.24, 2.45) is 5.41 Å². The Hall–Kier alpha value is -1.44. The van der Waals surface area contributed by atoms with Gasteiger partial charge in [-0.3, -0.25) is 4.79 Å². The van der Waals surface area contributed by atoms with Crippen LogP contribution < -0.4 is 0 Å². The summed E-state index contributed by atoms with van der Waals surface area (Å²) < 4.78 is 12.7. The predicted molar refractivity (Wildman–Crippen MR) is 64.5 cm³/mol. The molecule has 2 heteroatoms. The van der Waals surface area contributed by atoms with Gasteiger partial charge in [-0.15, -0.1) is 0 Å². The highest BCUT2D eigenvalue weighted by molar-refractivity contribution is 6.02. The quantitative estimate of drug-likeness (QED) is 0.692. The molecule has 86 valence electrons. The fourth-order valence-electron chi connectivity index (χ4n) is 1.47. The molecule has 0 heterocycles. The van der Waals surface area contributed by atoms with Gasteiger partial charge in [-0.1, -0.05) is 32.9 Å². The van der Waals surface area contributed by atoms with Gasteiger partial charge in [-0.25, -0.2) is 4.39 Å². The molecule has 0 fully saturated rings. The molecule has 1 aromatic rings. The standard InChI is InChI=1S/C14H17FO/c1-10(13(16)14(2,3)4)9-11-5-7-12(15)8-6-11/h5-9H,1-4H3. The molecule has 0 saturated carbocycles. The third-order valence-corrected chi connectivity index (χ3v) is 2.29. The highest BCUT2D eigenvalue weighted by atomic mass is 19.1. The first-order valence-corrected chi connectivity index (χ1v) is 5.29. The van der Waals surface area contributed by atoms with E-state index >= 15 is 0 Å². The zero-order valence-electron chi connectivity index (χ0n) is 10.2. The minimum absolute atomic E-state index is 0.108. The van der Waals surface area contributed by atoms with Crippen molar-refractivity contribution < 1.29 is 9.18 Å². The lowest BCUT2D eigenvalue weighted by atomic mass is 9.86. The Balaban J connectivity index is 2.93. The summed E-state index contributed by atoms with van der Waals surface area (Å²) in [6.45, 7) is 7.45. The maximum atomic E-state index is 12.7. The van der Waals surface area contributed by atoms with Gasteiger partial charge in [0.1, 0.15) is 5.82 Å². The molecule has 16 heavy (non-hydrogen) atoms. The van der Waals surface area contributed by atoms with E-state index in [-0.39, 0.29) is 17.0 Å². The van der Waals surface area contributed by atoms with Crippen molar-refractivity contribution in [3.05, 3.63) is 41.2 Å². The number of ketones is 1. The van der Waals surface area contributed by atoms with Gasteiger partial charge in [0.2, 0.25) is 0 Å². The lowest BCUT2D eigenvalue weighted by Gasteiger charge is -2.16. The number of carbonyl (C=O) groups is 1. The molecule has 0 aliphatic heterocycles. The van der Waals surface area contributed by atoms with Crippen LogP contribution in [0.4, 0.5) is 4.39 Å². The van der Waals surface area contributed by atoms with Crippen LogP contribution in [-0.2, 0) is 4.79 Å². The minimum Gasteiger partial charge on any atom is -0.294 e. The Kier molecular flexibility index (Phi) is 3.63. The van der Waals surface area contributed by atoms with Crippen LogP contribution >= 0.6 is 0 Å². The topological polar surface area (TPSA) is 17.1 Å². The summed E-state index contributed by atoms with van der Waals surface area (Å²) in [6, 6.07) is 6.10. The predicted octanol–water partition coefficient (Wildman–Crippen LogP) is 3.84. The molecular formula is C14H17FO. The van der Waals surface area contributed by atoms with E-state index in [2.05, 4.69) is 0 Å². The van der Waals surface area contributed by atoms with Crippen molar-refractivity contribution in [2.75, 3.05) is 0 Å². The number of allylic oxidation sites excluding steroid dienone is 1. The first-order valence-electron chi connectivity index (χ1n) is 5.29. The number of hydrogen-bond acceptors (Lipinski definition) is 1. The van der Waals surface area contributed by atoms with E-state index in [4.69, 9.17) is 0 Å². The normalized spacial score (nSPS) is 12.7. The molecule has 1 aromatic carbocycles. The van der Waals surface area contributed by atoms with Crippen LogP contribution in [0.15, 0.2) is 29.8 Å². The van der Waals surface area contributed by atoms with Gasteiger partial charge in [-0.05, 0) is 36.3 Å². The first-order chi connectivity index (χ1) is 7.30. The van der Waals surface area contributed by atoms with E-state index in [1.54, 1.807) is 25.1 Å². The number of hydrogen-bond donors (Lipinski definition) is 0. The van der Waals surface area contributed by atoms with Crippen LogP contribution in [-0.4, -0.2) is 5.78 Å². The molecule has 0 saturated heterocycles. The van der Waals surface area contributed by atoms with E-state index in [0.717, 1.165) is 5.56 Å². The van der Waals surface area contributed by atoms with Gasteiger partial charge in [0, 0.05) is 5.41 Å². The van der Waals surface area contributed by atoms with E-state index in [1.807, 2.05) is 20.8 Å². The van der Waals surface area contributed by atoms with E-state index in [1.165, 1.54) is 12.1 Å². The minimum atomic E-state index is -0.374. The maximum Gasteiger partial charge on any atom is 0.163 e. The van der Waals surface area contributed by atoms with Gasteiger partial charge in [0.25, 0.3) is 0 Å². The summed E-state index contributed by atoms with van der Waals surface area (Å²) in [5.74, 6) is -0.159. The second kappa shape index (κ2) is 4.60. The summed E-state index contributed by atoms with van der Waals surface area (Å²) in [5.41, 5.74) is 1.16. The molecule has 0 atom stereocenters. The summed E-state index contributed by atoms with van der Waals surface area (Å²) in [6.07, 6.45) is 1.78. The Labute approximate surface area is 96.0 Å². The van der Waals surface area contributed by atoms with Crippen molar-refractivity contribution in [1.82, 2.24) is 0 Å². The molecule has 0 unspecified atom stereocenters. The number of rotatable bonds is 2. The summed E-state index contributed by atoms with van der Waals surface area (Å²) in [5, 5.41) is 0. The molecule has 0 aliphatic rings. The van der Waals surface area contributed by atoms with Gasteiger partial charge >= 0.3 is 0 Å². The monoisotopic (exact) mass is 220 g/mol. The average Bonchev–Trinajstić information content (AvgIpc) is 2.19. The van der Waals surface area contributed by atoms with Gasteiger partial charge < -0.3 is 0 Å². The SMILES string of the molecule is CC(=Cc1ccc(F)cc1)C(=O)C(C)(C)C. The van der Waals surface area contributed by atoms with Crippen LogP contribution in [0, 0.1) is 11.2 Å². The fourth-order valence-corrected chi connectivity index (χ4v) is 1.47. The highest BCUT2D eigenvalue weighted by Gasteiger charge is 2.22. The summed E-state index contributed by atoms with van der Waals surface area (Å²) >= 11 is 0. The molecular weight excluding hydrogens is 203 g/mol. The van der Waals surface area contributed by atoms with E-state index in [0.29, 0.717) is 5.57 Å². The van der Waals surface area contributed by atoms with Crippen molar-refractivity contribution in [3.63, 3.8) is 0 Å². The molecule has 0 aromatic heterocycles. The lowest BCUT2D eigenvalue weighted by molar-refractivity contribution is -0.122. The zero-order chi connectivity index (χ0) is 12.3. The Morgan fingerprint density at radius 2 is 1.69 bits per heavy atom. The molecule has 1 nitrogen and oxygen atoms in total. The smallest absolute Gasteiger partial charge is 0.163 e. The fraction of sp³-hybridized carbons (Fsp3) is 0.357. The molecule has 0 bridgehead atoms. The zero-order valence-corrected chi connectivity index (χ0v) is 10.2. The Bertz CT molecular complexity index is 407. The van der Waals surface area contributed by atoms with Crippen molar-refractivity contribution in [2.45, 2.75) is 27.7 Å². The van der Waals surface area contributed by atoms with Crippen molar-refractivity contribution in [3.8, 4) is 0 Å². The van der Waals surface area contributed by atoms with Crippen LogP contribution in [0.5, 0.6) is 0 Å². The lowest BCUT2D eigenvalue weighted by Crippen LogP contribution is -2.20. The molecule has 1 rings (SSSR count). The number of Topliss-reactive ketones (excluding diaryl/α,β-unsaturated/α-hetero) is 1. The Morgan fingerprint density at radius 3 is 2.12 bits per heavy atom.